The van der Waals surface area contributed by atoms with Crippen molar-refractivity contribution in [2.24, 2.45) is 16.8 Å². The number of anilines is 1. The molecule has 0 radical (unpaired) electrons. The monoisotopic (exact) mass is 447 g/mol. The number of rotatable bonds is 2. The maximum absolute atomic E-state index is 13.7. The van der Waals surface area contributed by atoms with Crippen molar-refractivity contribution in [3.05, 3.63) is 35.0 Å². The molecule has 0 unspecified atom stereocenters. The number of alkyl halides is 6. The highest BCUT2D eigenvalue weighted by Crippen LogP contribution is 2.45. The summed E-state index contributed by atoms with van der Waals surface area (Å²) < 4.78 is 79.7. The second-order valence-electron chi connectivity index (χ2n) is 7.97. The van der Waals surface area contributed by atoms with Gasteiger partial charge >= 0.3 is 12.4 Å². The van der Waals surface area contributed by atoms with Crippen molar-refractivity contribution < 1.29 is 36.2 Å². The second-order valence-corrected chi connectivity index (χ2v) is 7.97. The van der Waals surface area contributed by atoms with E-state index in [-0.39, 0.29) is 36.0 Å². The fourth-order valence-electron chi connectivity index (χ4n) is 4.55. The molecule has 0 saturated carbocycles. The van der Waals surface area contributed by atoms with E-state index in [9.17, 15) is 36.2 Å². The van der Waals surface area contributed by atoms with Crippen molar-refractivity contribution in [3.8, 4) is 0 Å². The summed E-state index contributed by atoms with van der Waals surface area (Å²) in [5.41, 5.74) is -0.513. The summed E-state index contributed by atoms with van der Waals surface area (Å²) in [4.78, 5) is 21.4. The molecule has 31 heavy (non-hydrogen) atoms. The molecular weight excluding hydrogens is 428 g/mol. The van der Waals surface area contributed by atoms with Crippen LogP contribution in [-0.2, 0) is 11.0 Å². The van der Waals surface area contributed by atoms with Gasteiger partial charge in [0, 0.05) is 31.1 Å². The number of piperidine rings is 1. The maximum atomic E-state index is 13.7. The standard InChI is InChI=1S/C20H19F6N3O2/c21-19(22,23)13-2-1-3-14(28-13)29-6-4-10(5-7-29)17-15-11(9-27-17)8-12(30)18(31)16(15)20(24,25)26/h1-3,10,16,18,31H,4-9H2/t16-,18+/m0/s1. The van der Waals surface area contributed by atoms with Crippen LogP contribution in [0.5, 0.6) is 0 Å². The Morgan fingerprint density at radius 2 is 1.74 bits per heavy atom. The maximum Gasteiger partial charge on any atom is 0.433 e. The normalized spacial score (nSPS) is 25.7. The molecule has 4 rings (SSSR count). The first-order valence-electron chi connectivity index (χ1n) is 9.80. The Hall–Kier alpha value is -2.43. The lowest BCUT2D eigenvalue weighted by Crippen LogP contribution is -2.46. The average molecular weight is 447 g/mol. The van der Waals surface area contributed by atoms with Crippen molar-refractivity contribution >= 4 is 17.3 Å². The molecular formula is C20H19F6N3O2. The van der Waals surface area contributed by atoms with Crippen molar-refractivity contribution in [3.63, 3.8) is 0 Å². The topological polar surface area (TPSA) is 65.8 Å². The zero-order valence-electron chi connectivity index (χ0n) is 16.2. The molecule has 2 atom stereocenters. The van der Waals surface area contributed by atoms with Crippen LogP contribution >= 0.6 is 0 Å². The van der Waals surface area contributed by atoms with E-state index >= 15 is 0 Å². The number of hydrogen-bond donors (Lipinski definition) is 1. The lowest BCUT2D eigenvalue weighted by atomic mass is 9.74. The Balaban J connectivity index is 1.51. The average Bonchev–Trinajstić information content (AvgIpc) is 3.10. The van der Waals surface area contributed by atoms with Gasteiger partial charge in [-0.2, -0.15) is 26.3 Å². The van der Waals surface area contributed by atoms with Gasteiger partial charge in [-0.05, 0) is 36.1 Å². The first-order chi connectivity index (χ1) is 14.5. The van der Waals surface area contributed by atoms with Crippen molar-refractivity contribution in [2.45, 2.75) is 37.7 Å². The van der Waals surface area contributed by atoms with Gasteiger partial charge in [-0.15, -0.1) is 0 Å². The Morgan fingerprint density at radius 1 is 1.06 bits per heavy atom. The summed E-state index contributed by atoms with van der Waals surface area (Å²) in [6.07, 6.45) is -11.0. The number of ketones is 1. The van der Waals surface area contributed by atoms with Crippen LogP contribution in [0.1, 0.15) is 25.0 Å². The number of hydrogen-bond acceptors (Lipinski definition) is 5. The van der Waals surface area contributed by atoms with Gasteiger partial charge in [0.05, 0.1) is 6.54 Å². The van der Waals surface area contributed by atoms with Crippen LogP contribution < -0.4 is 4.90 Å². The second kappa shape index (κ2) is 7.61. The first-order valence-corrected chi connectivity index (χ1v) is 9.80. The fourth-order valence-corrected chi connectivity index (χ4v) is 4.55. The fraction of sp³-hybridized carbons (Fsp3) is 0.550. The van der Waals surface area contributed by atoms with Gasteiger partial charge in [0.25, 0.3) is 0 Å². The van der Waals surface area contributed by atoms with Gasteiger partial charge in [0.1, 0.15) is 23.5 Å². The molecule has 3 heterocycles. The number of nitrogens with zero attached hydrogens (tertiary/aromatic N) is 3. The van der Waals surface area contributed by atoms with Crippen LogP contribution in [0, 0.1) is 11.8 Å². The van der Waals surface area contributed by atoms with Gasteiger partial charge in [0.15, 0.2) is 5.78 Å². The molecule has 2 aliphatic heterocycles. The Morgan fingerprint density at radius 3 is 2.35 bits per heavy atom. The number of carbonyl (C=O) groups excluding carboxylic acids is 1. The molecule has 3 aliphatic rings. The van der Waals surface area contributed by atoms with E-state index in [1.807, 2.05) is 0 Å². The van der Waals surface area contributed by atoms with Crippen LogP contribution in [0.15, 0.2) is 34.3 Å². The van der Waals surface area contributed by atoms with E-state index in [0.29, 0.717) is 31.5 Å². The molecule has 168 valence electrons. The molecule has 1 aromatic heterocycles. The number of aliphatic hydroxyl groups excluding tert-OH is 1. The molecule has 0 aromatic carbocycles. The molecule has 1 fully saturated rings. The lowest BCUT2D eigenvalue weighted by Gasteiger charge is -2.36. The van der Waals surface area contributed by atoms with E-state index in [1.54, 1.807) is 4.90 Å². The number of carbonyl (C=O) groups is 1. The minimum Gasteiger partial charge on any atom is -0.384 e. The van der Waals surface area contributed by atoms with Crippen LogP contribution in [0.3, 0.4) is 0 Å². The summed E-state index contributed by atoms with van der Waals surface area (Å²) in [5, 5.41) is 9.95. The van der Waals surface area contributed by atoms with Gasteiger partial charge in [0.2, 0.25) is 0 Å². The van der Waals surface area contributed by atoms with E-state index in [2.05, 4.69) is 9.98 Å². The highest BCUT2D eigenvalue weighted by molar-refractivity contribution is 6.08. The zero-order valence-corrected chi connectivity index (χ0v) is 16.2. The molecule has 1 aliphatic carbocycles. The minimum atomic E-state index is -4.79. The number of aromatic nitrogens is 1. The predicted octanol–water partition coefficient (Wildman–Crippen LogP) is 3.58. The smallest absolute Gasteiger partial charge is 0.384 e. The molecule has 11 heteroatoms. The van der Waals surface area contributed by atoms with Crippen LogP contribution in [-0.4, -0.2) is 53.5 Å². The summed E-state index contributed by atoms with van der Waals surface area (Å²) in [7, 11) is 0. The largest absolute Gasteiger partial charge is 0.433 e. The van der Waals surface area contributed by atoms with E-state index in [4.69, 9.17) is 0 Å². The SMILES string of the molecule is O=C1CC2=C(C(C3CCN(c4cccc(C(F)(F)F)n4)CC3)=NC2)[C@H](C(F)(F)F)[C@@H]1O. The van der Waals surface area contributed by atoms with Gasteiger partial charge < -0.3 is 10.0 Å². The first kappa shape index (κ1) is 21.8. The third kappa shape index (κ3) is 4.07. The molecule has 1 saturated heterocycles. The number of pyridine rings is 1. The van der Waals surface area contributed by atoms with Crippen molar-refractivity contribution in [2.75, 3.05) is 24.5 Å². The Kier molecular flexibility index (Phi) is 5.35. The molecule has 1 N–H and O–H groups in total. The number of aliphatic hydroxyl groups is 1. The molecule has 0 amide bonds. The van der Waals surface area contributed by atoms with E-state index in [1.165, 1.54) is 12.1 Å². The number of Topliss-reactive ketones (excluding diaryl/α,β-unsaturated/α-hetero) is 1. The summed E-state index contributed by atoms with van der Waals surface area (Å²) in [6.45, 7) is 0.614. The predicted molar refractivity (Wildman–Crippen MR) is 98.7 cm³/mol. The summed E-state index contributed by atoms with van der Waals surface area (Å²) >= 11 is 0. The van der Waals surface area contributed by atoms with Crippen molar-refractivity contribution in [1.29, 1.82) is 0 Å². The van der Waals surface area contributed by atoms with Crippen molar-refractivity contribution in [1.82, 2.24) is 4.98 Å². The van der Waals surface area contributed by atoms with Crippen LogP contribution in [0.4, 0.5) is 32.2 Å². The minimum absolute atomic E-state index is 0.00506. The Labute approximate surface area is 173 Å². The molecule has 5 nitrogen and oxygen atoms in total. The summed E-state index contributed by atoms with van der Waals surface area (Å²) in [5.74, 6) is -3.32. The van der Waals surface area contributed by atoms with E-state index in [0.717, 1.165) is 6.07 Å². The number of aliphatic imine (C=N–C) groups is 1. The van der Waals surface area contributed by atoms with Gasteiger partial charge in [-0.1, -0.05) is 6.07 Å². The molecule has 1 aromatic rings. The van der Waals surface area contributed by atoms with E-state index < -0.39 is 35.9 Å². The highest BCUT2D eigenvalue weighted by atomic mass is 19.4. The third-order valence-corrected chi connectivity index (χ3v) is 6.02. The number of halogens is 6. The summed E-state index contributed by atoms with van der Waals surface area (Å²) in [6, 6.07) is 3.61. The van der Waals surface area contributed by atoms with Gasteiger partial charge in [-0.3, -0.25) is 9.79 Å². The quantitative estimate of drug-likeness (QED) is 0.704. The van der Waals surface area contributed by atoms with Gasteiger partial charge in [-0.25, -0.2) is 4.98 Å². The lowest BCUT2D eigenvalue weighted by molar-refractivity contribution is -0.190. The molecule has 0 spiro atoms. The molecule has 0 bridgehead atoms. The van der Waals surface area contributed by atoms with Crippen LogP contribution in [0.25, 0.3) is 0 Å². The van der Waals surface area contributed by atoms with Crippen LogP contribution in [0.2, 0.25) is 0 Å². The Bertz CT molecular complexity index is 945. The zero-order chi connectivity index (χ0) is 22.6. The highest BCUT2D eigenvalue weighted by Gasteiger charge is 2.54. The third-order valence-electron chi connectivity index (χ3n) is 6.02.